The Bertz CT molecular complexity index is 463. The van der Waals surface area contributed by atoms with Crippen molar-refractivity contribution in [1.82, 2.24) is 0 Å². The van der Waals surface area contributed by atoms with Crippen molar-refractivity contribution in [2.45, 2.75) is 40.2 Å². The number of halogens is 1. The minimum Gasteiger partial charge on any atom is -0.325 e. The molecule has 0 aromatic heterocycles. The Morgan fingerprint density at radius 3 is 2.21 bits per heavy atom. The molecule has 1 rings (SSSR count). The second-order valence-corrected chi connectivity index (χ2v) is 5.85. The Morgan fingerprint density at radius 2 is 1.79 bits per heavy atom. The Labute approximate surface area is 114 Å². The number of amides is 1. The van der Waals surface area contributed by atoms with Crippen LogP contribution in [0.25, 0.3) is 0 Å². The smallest absolute Gasteiger partial charge is 0.234 e. The predicted molar refractivity (Wildman–Crippen MR) is 76.5 cm³/mol. The number of para-hydroxylation sites is 1. The second-order valence-electron chi connectivity index (χ2n) is 5.85. The summed E-state index contributed by atoms with van der Waals surface area (Å²) in [7, 11) is 0. The van der Waals surface area contributed by atoms with Gasteiger partial charge in [-0.15, -0.1) is 0 Å². The third-order valence-corrected chi connectivity index (χ3v) is 3.85. The molecule has 1 aromatic carbocycles. The number of carbonyl (C=O) groups excluding carboxylic acids is 1. The average Bonchev–Trinajstić information content (AvgIpc) is 2.30. The first-order valence-electron chi connectivity index (χ1n) is 6.48. The molecule has 0 bridgehead atoms. The van der Waals surface area contributed by atoms with Crippen LogP contribution in [0.3, 0.4) is 0 Å². The fraction of sp³-hybridized carbons (Fsp3) is 0.533. The van der Waals surface area contributed by atoms with Crippen molar-refractivity contribution in [2.75, 3.05) is 11.4 Å². The number of rotatable bonds is 4. The first kappa shape index (κ1) is 15.6. The molecule has 0 aliphatic carbocycles. The van der Waals surface area contributed by atoms with Gasteiger partial charge in [0.05, 0.1) is 11.1 Å². The summed E-state index contributed by atoms with van der Waals surface area (Å²) < 4.78 is 13.8. The van der Waals surface area contributed by atoms with E-state index in [1.807, 2.05) is 6.92 Å². The summed E-state index contributed by atoms with van der Waals surface area (Å²) in [5.74, 6) is -0.573. The Morgan fingerprint density at radius 1 is 1.26 bits per heavy atom. The maximum atomic E-state index is 13.8. The summed E-state index contributed by atoms with van der Waals surface area (Å²) >= 11 is 0. The maximum absolute atomic E-state index is 13.8. The highest BCUT2D eigenvalue weighted by atomic mass is 19.1. The van der Waals surface area contributed by atoms with E-state index in [1.54, 1.807) is 45.9 Å². The van der Waals surface area contributed by atoms with E-state index in [4.69, 9.17) is 5.73 Å². The number of carbonyl (C=O) groups is 1. The van der Waals surface area contributed by atoms with Crippen LogP contribution in [0, 0.1) is 11.2 Å². The van der Waals surface area contributed by atoms with Crippen LogP contribution >= 0.6 is 0 Å². The molecule has 0 radical (unpaired) electrons. The molecule has 1 aromatic rings. The monoisotopic (exact) mass is 266 g/mol. The second kappa shape index (κ2) is 5.29. The highest BCUT2D eigenvalue weighted by Crippen LogP contribution is 2.33. The Hall–Kier alpha value is -1.42. The summed E-state index contributed by atoms with van der Waals surface area (Å²) in [6.45, 7) is 9.42. The molecule has 1 amide bonds. The van der Waals surface area contributed by atoms with Crippen LogP contribution < -0.4 is 10.6 Å². The lowest BCUT2D eigenvalue weighted by Gasteiger charge is -2.40. The molecule has 0 atom stereocenters. The van der Waals surface area contributed by atoms with Gasteiger partial charge >= 0.3 is 0 Å². The lowest BCUT2D eigenvalue weighted by atomic mass is 9.74. The zero-order valence-corrected chi connectivity index (χ0v) is 12.3. The van der Waals surface area contributed by atoms with E-state index in [9.17, 15) is 9.18 Å². The van der Waals surface area contributed by atoms with E-state index in [1.165, 1.54) is 11.0 Å². The van der Waals surface area contributed by atoms with Crippen LogP contribution in [-0.2, 0) is 4.79 Å². The topological polar surface area (TPSA) is 46.3 Å². The van der Waals surface area contributed by atoms with Gasteiger partial charge in [0.1, 0.15) is 5.82 Å². The van der Waals surface area contributed by atoms with Crippen molar-refractivity contribution < 1.29 is 9.18 Å². The molecule has 106 valence electrons. The van der Waals surface area contributed by atoms with Crippen LogP contribution in [0.1, 0.15) is 34.6 Å². The molecule has 0 saturated heterocycles. The third kappa shape index (κ3) is 2.95. The number of benzene rings is 1. The Balaban J connectivity index is 3.19. The number of nitrogens with zero attached hydrogens (tertiary/aromatic N) is 1. The Kier molecular flexibility index (Phi) is 4.35. The van der Waals surface area contributed by atoms with Gasteiger partial charge in [-0.25, -0.2) is 4.39 Å². The lowest BCUT2D eigenvalue weighted by molar-refractivity contribution is -0.129. The van der Waals surface area contributed by atoms with Crippen molar-refractivity contribution in [3.63, 3.8) is 0 Å². The molecule has 0 spiro atoms. The molecule has 0 saturated carbocycles. The van der Waals surface area contributed by atoms with Crippen molar-refractivity contribution in [1.29, 1.82) is 0 Å². The molecule has 0 fully saturated rings. The number of hydrogen-bond acceptors (Lipinski definition) is 2. The van der Waals surface area contributed by atoms with Crippen molar-refractivity contribution in [3.05, 3.63) is 30.1 Å². The highest BCUT2D eigenvalue weighted by Gasteiger charge is 2.43. The zero-order valence-electron chi connectivity index (χ0n) is 12.3. The summed E-state index contributed by atoms with van der Waals surface area (Å²) in [6.07, 6.45) is 0. The minimum atomic E-state index is -0.786. The standard InChI is InChI=1S/C15H23FN2O/c1-6-18(12-10-8-7-9-11(12)16)13(19)14(2,3)15(4,5)17/h7-10H,6,17H2,1-5H3. The molecule has 19 heavy (non-hydrogen) atoms. The van der Waals surface area contributed by atoms with Gasteiger partial charge in [0.15, 0.2) is 0 Å². The predicted octanol–water partition coefficient (Wildman–Crippen LogP) is 2.94. The SMILES string of the molecule is CCN(C(=O)C(C)(C)C(C)(C)N)c1ccccc1F. The van der Waals surface area contributed by atoms with Crippen LogP contribution in [0.5, 0.6) is 0 Å². The number of anilines is 1. The molecule has 0 aliphatic rings. The van der Waals surface area contributed by atoms with E-state index in [2.05, 4.69) is 0 Å². The number of nitrogens with two attached hydrogens (primary N) is 1. The highest BCUT2D eigenvalue weighted by molar-refractivity contribution is 5.98. The van der Waals surface area contributed by atoms with Crippen LogP contribution in [-0.4, -0.2) is 18.0 Å². The molecular weight excluding hydrogens is 243 g/mol. The summed E-state index contributed by atoms with van der Waals surface area (Å²) in [5.41, 5.74) is 4.90. The van der Waals surface area contributed by atoms with Gasteiger partial charge in [-0.2, -0.15) is 0 Å². The van der Waals surface area contributed by atoms with Gasteiger partial charge in [0, 0.05) is 12.1 Å². The van der Waals surface area contributed by atoms with Crippen LogP contribution in [0.15, 0.2) is 24.3 Å². The van der Waals surface area contributed by atoms with Crippen LogP contribution in [0.4, 0.5) is 10.1 Å². The van der Waals surface area contributed by atoms with Crippen molar-refractivity contribution in [2.24, 2.45) is 11.1 Å². The summed E-state index contributed by atoms with van der Waals surface area (Å²) in [5, 5.41) is 0. The zero-order chi connectivity index (χ0) is 14.8. The fourth-order valence-corrected chi connectivity index (χ4v) is 1.71. The van der Waals surface area contributed by atoms with E-state index in [0.717, 1.165) is 0 Å². The lowest BCUT2D eigenvalue weighted by Crippen LogP contribution is -2.56. The number of hydrogen-bond donors (Lipinski definition) is 1. The maximum Gasteiger partial charge on any atom is 0.234 e. The van der Waals surface area contributed by atoms with E-state index < -0.39 is 16.8 Å². The van der Waals surface area contributed by atoms with Gasteiger partial charge in [0.25, 0.3) is 0 Å². The van der Waals surface area contributed by atoms with Gasteiger partial charge in [-0.3, -0.25) is 4.79 Å². The van der Waals surface area contributed by atoms with Gasteiger partial charge in [0.2, 0.25) is 5.91 Å². The summed E-state index contributed by atoms with van der Waals surface area (Å²) in [4.78, 5) is 14.1. The fourth-order valence-electron chi connectivity index (χ4n) is 1.71. The molecular formula is C15H23FN2O. The van der Waals surface area contributed by atoms with Crippen LogP contribution in [0.2, 0.25) is 0 Å². The molecule has 0 aliphatic heterocycles. The van der Waals surface area contributed by atoms with E-state index in [-0.39, 0.29) is 5.91 Å². The molecule has 0 heterocycles. The van der Waals surface area contributed by atoms with Crippen molar-refractivity contribution >= 4 is 11.6 Å². The quantitative estimate of drug-likeness (QED) is 0.910. The third-order valence-electron chi connectivity index (χ3n) is 3.85. The van der Waals surface area contributed by atoms with E-state index >= 15 is 0 Å². The molecule has 4 heteroatoms. The van der Waals surface area contributed by atoms with Gasteiger partial charge in [-0.05, 0) is 46.8 Å². The molecule has 0 unspecified atom stereocenters. The first-order chi connectivity index (χ1) is 8.63. The van der Waals surface area contributed by atoms with E-state index in [0.29, 0.717) is 12.2 Å². The first-order valence-corrected chi connectivity index (χ1v) is 6.48. The van der Waals surface area contributed by atoms with Crippen molar-refractivity contribution in [3.8, 4) is 0 Å². The molecule has 3 nitrogen and oxygen atoms in total. The largest absolute Gasteiger partial charge is 0.325 e. The summed E-state index contributed by atoms with van der Waals surface area (Å²) in [6, 6.07) is 6.28. The normalized spacial score (nSPS) is 12.4. The molecule has 2 N–H and O–H groups in total. The average molecular weight is 266 g/mol. The van der Waals surface area contributed by atoms with Gasteiger partial charge < -0.3 is 10.6 Å². The van der Waals surface area contributed by atoms with Gasteiger partial charge in [-0.1, -0.05) is 12.1 Å². The minimum absolute atomic E-state index is 0.174.